The zero-order valence-corrected chi connectivity index (χ0v) is 16.2. The molecule has 2 aromatic rings. The van der Waals surface area contributed by atoms with Crippen LogP contribution in [0.25, 0.3) is 0 Å². The second-order valence-electron chi connectivity index (χ2n) is 6.44. The molecule has 1 aliphatic rings. The molecule has 1 saturated carbocycles. The van der Waals surface area contributed by atoms with E-state index in [0.717, 1.165) is 25.7 Å². The minimum absolute atomic E-state index is 0.0221. The number of halogens is 1. The molecular formula is C19H23ClN4O3. The molecule has 0 saturated heterocycles. The average molecular weight is 391 g/mol. The lowest BCUT2D eigenvalue weighted by molar-refractivity contribution is -0.120. The summed E-state index contributed by atoms with van der Waals surface area (Å²) < 4.78 is 10.6. The van der Waals surface area contributed by atoms with Crippen molar-refractivity contribution in [2.75, 3.05) is 24.9 Å². The Morgan fingerprint density at radius 1 is 1.04 bits per heavy atom. The summed E-state index contributed by atoms with van der Waals surface area (Å²) in [6.07, 6.45) is 5.31. The van der Waals surface area contributed by atoms with Crippen LogP contribution < -0.4 is 20.1 Å². The van der Waals surface area contributed by atoms with Crippen molar-refractivity contribution in [3.05, 3.63) is 29.3 Å². The van der Waals surface area contributed by atoms with Gasteiger partial charge in [-0.05, 0) is 25.0 Å². The molecule has 1 aliphatic carbocycles. The van der Waals surface area contributed by atoms with E-state index >= 15 is 0 Å². The minimum Gasteiger partial charge on any atom is -0.495 e. The number of aromatic nitrogens is 2. The van der Waals surface area contributed by atoms with Crippen molar-refractivity contribution in [2.45, 2.75) is 32.1 Å². The molecule has 1 heterocycles. The normalized spacial score (nSPS) is 14.5. The maximum atomic E-state index is 12.3. The van der Waals surface area contributed by atoms with Crippen LogP contribution in [0.1, 0.15) is 32.1 Å². The Kier molecular flexibility index (Phi) is 6.34. The molecule has 1 fully saturated rings. The quantitative estimate of drug-likeness (QED) is 0.759. The summed E-state index contributed by atoms with van der Waals surface area (Å²) in [5, 5.41) is 14.6. The third-order valence-electron chi connectivity index (χ3n) is 4.63. The second-order valence-corrected chi connectivity index (χ2v) is 6.85. The lowest BCUT2D eigenvalue weighted by Crippen LogP contribution is -2.25. The van der Waals surface area contributed by atoms with Crippen molar-refractivity contribution in [2.24, 2.45) is 5.92 Å². The highest BCUT2D eigenvalue weighted by molar-refractivity contribution is 6.32. The Hall–Kier alpha value is -2.54. The molecule has 1 aromatic heterocycles. The topological polar surface area (TPSA) is 85.4 Å². The van der Waals surface area contributed by atoms with E-state index in [1.807, 2.05) is 0 Å². The Morgan fingerprint density at radius 3 is 2.33 bits per heavy atom. The molecule has 2 N–H and O–H groups in total. The first-order valence-corrected chi connectivity index (χ1v) is 9.31. The number of carbonyl (C=O) groups is 1. The van der Waals surface area contributed by atoms with E-state index in [0.29, 0.717) is 33.8 Å². The predicted molar refractivity (Wildman–Crippen MR) is 105 cm³/mol. The highest BCUT2D eigenvalue weighted by Crippen LogP contribution is 2.37. The van der Waals surface area contributed by atoms with Crippen LogP contribution in [-0.2, 0) is 4.79 Å². The fourth-order valence-electron chi connectivity index (χ4n) is 3.15. The van der Waals surface area contributed by atoms with Gasteiger partial charge in [-0.3, -0.25) is 4.79 Å². The Bertz CT molecular complexity index is 792. The summed E-state index contributed by atoms with van der Waals surface area (Å²) >= 11 is 6.12. The summed E-state index contributed by atoms with van der Waals surface area (Å²) in [5.74, 6) is 2.12. The summed E-state index contributed by atoms with van der Waals surface area (Å²) in [6.45, 7) is 0. The van der Waals surface area contributed by atoms with Gasteiger partial charge in [-0.25, -0.2) is 0 Å². The lowest BCUT2D eigenvalue weighted by atomic mass is 9.89. The van der Waals surface area contributed by atoms with E-state index in [4.69, 9.17) is 21.1 Å². The smallest absolute Gasteiger partial charge is 0.228 e. The highest BCUT2D eigenvalue weighted by Gasteiger charge is 2.21. The molecule has 0 aliphatic heterocycles. The number of anilines is 3. The zero-order chi connectivity index (χ0) is 19.2. The molecule has 1 aromatic carbocycles. The molecule has 7 nitrogen and oxygen atoms in total. The first-order chi connectivity index (χ1) is 13.1. The van der Waals surface area contributed by atoms with Crippen LogP contribution in [0.2, 0.25) is 5.02 Å². The zero-order valence-electron chi connectivity index (χ0n) is 15.4. The van der Waals surface area contributed by atoms with Crippen LogP contribution in [0.5, 0.6) is 11.5 Å². The predicted octanol–water partition coefficient (Wildman–Crippen LogP) is 4.41. The van der Waals surface area contributed by atoms with Crippen molar-refractivity contribution < 1.29 is 14.3 Å². The van der Waals surface area contributed by atoms with Crippen molar-refractivity contribution in [1.82, 2.24) is 10.2 Å². The maximum absolute atomic E-state index is 12.3. The number of hydrogen-bond acceptors (Lipinski definition) is 6. The van der Waals surface area contributed by atoms with E-state index in [-0.39, 0.29) is 11.8 Å². The van der Waals surface area contributed by atoms with Crippen molar-refractivity contribution in [3.63, 3.8) is 0 Å². The minimum atomic E-state index is 0.0221. The van der Waals surface area contributed by atoms with Crippen molar-refractivity contribution in [1.29, 1.82) is 0 Å². The molecule has 0 spiro atoms. The molecule has 0 atom stereocenters. The highest BCUT2D eigenvalue weighted by atomic mass is 35.5. The number of carbonyl (C=O) groups excluding carboxylic acids is 1. The van der Waals surface area contributed by atoms with Crippen LogP contribution >= 0.6 is 11.6 Å². The van der Waals surface area contributed by atoms with E-state index in [1.54, 1.807) is 38.5 Å². The molecule has 8 heteroatoms. The number of hydrogen-bond donors (Lipinski definition) is 2. The van der Waals surface area contributed by atoms with Crippen LogP contribution in [0.4, 0.5) is 17.3 Å². The van der Waals surface area contributed by atoms with Gasteiger partial charge in [-0.15, -0.1) is 10.2 Å². The van der Waals surface area contributed by atoms with E-state index in [1.165, 1.54) is 6.42 Å². The standard InChI is InChI=1S/C19H23ClN4O3/c1-26-15-11-14(16(27-2)10-13(15)20)21-17-8-9-18(24-23-17)22-19(25)12-6-4-3-5-7-12/h8-12H,3-7H2,1-2H3,(H,21,23)(H,22,24,25). The van der Waals surface area contributed by atoms with Crippen molar-refractivity contribution in [3.8, 4) is 11.5 Å². The largest absolute Gasteiger partial charge is 0.495 e. The van der Waals surface area contributed by atoms with Gasteiger partial charge in [0, 0.05) is 18.1 Å². The molecule has 144 valence electrons. The number of nitrogens with zero attached hydrogens (tertiary/aromatic N) is 2. The van der Waals surface area contributed by atoms with Crippen LogP contribution in [0.3, 0.4) is 0 Å². The molecule has 27 heavy (non-hydrogen) atoms. The Labute approximate surface area is 163 Å². The summed E-state index contributed by atoms with van der Waals surface area (Å²) in [7, 11) is 3.10. The number of nitrogens with one attached hydrogen (secondary N) is 2. The summed E-state index contributed by atoms with van der Waals surface area (Å²) in [4.78, 5) is 12.3. The monoisotopic (exact) mass is 390 g/mol. The maximum Gasteiger partial charge on any atom is 0.228 e. The molecular weight excluding hydrogens is 368 g/mol. The van der Waals surface area contributed by atoms with Gasteiger partial charge in [-0.2, -0.15) is 0 Å². The first kappa shape index (κ1) is 19.2. The van der Waals surface area contributed by atoms with Gasteiger partial charge in [-0.1, -0.05) is 30.9 Å². The van der Waals surface area contributed by atoms with Gasteiger partial charge >= 0.3 is 0 Å². The number of rotatable bonds is 6. The number of ether oxygens (including phenoxy) is 2. The van der Waals surface area contributed by atoms with Crippen LogP contribution in [0.15, 0.2) is 24.3 Å². The van der Waals surface area contributed by atoms with Gasteiger partial charge < -0.3 is 20.1 Å². The van der Waals surface area contributed by atoms with Crippen LogP contribution in [-0.4, -0.2) is 30.3 Å². The molecule has 0 unspecified atom stereocenters. The third-order valence-corrected chi connectivity index (χ3v) is 4.92. The van der Waals surface area contributed by atoms with E-state index in [2.05, 4.69) is 20.8 Å². The third kappa shape index (κ3) is 4.80. The summed E-state index contributed by atoms with van der Waals surface area (Å²) in [6, 6.07) is 6.84. The van der Waals surface area contributed by atoms with Gasteiger partial charge in [0.2, 0.25) is 5.91 Å². The van der Waals surface area contributed by atoms with Gasteiger partial charge in [0.15, 0.2) is 11.6 Å². The summed E-state index contributed by atoms with van der Waals surface area (Å²) in [5.41, 5.74) is 0.645. The Morgan fingerprint density at radius 2 is 1.70 bits per heavy atom. The van der Waals surface area contributed by atoms with Crippen LogP contribution in [0, 0.1) is 5.92 Å². The Balaban J connectivity index is 1.68. The average Bonchev–Trinajstić information content (AvgIpc) is 2.71. The fraction of sp³-hybridized carbons (Fsp3) is 0.421. The molecule has 1 amide bonds. The van der Waals surface area contributed by atoms with Gasteiger partial charge in [0.05, 0.1) is 24.9 Å². The number of methoxy groups -OCH3 is 2. The van der Waals surface area contributed by atoms with E-state index in [9.17, 15) is 4.79 Å². The second kappa shape index (κ2) is 8.90. The lowest BCUT2D eigenvalue weighted by Gasteiger charge is -2.20. The SMILES string of the molecule is COc1cc(Nc2ccc(NC(=O)C3CCCCC3)nn2)c(OC)cc1Cl. The van der Waals surface area contributed by atoms with Crippen molar-refractivity contribution >= 4 is 34.8 Å². The molecule has 3 rings (SSSR count). The first-order valence-electron chi connectivity index (χ1n) is 8.94. The molecule has 0 bridgehead atoms. The van der Waals surface area contributed by atoms with E-state index < -0.39 is 0 Å². The van der Waals surface area contributed by atoms with Gasteiger partial charge in [0.1, 0.15) is 11.5 Å². The number of amides is 1. The van der Waals surface area contributed by atoms with Gasteiger partial charge in [0.25, 0.3) is 0 Å². The number of benzene rings is 1. The fourth-order valence-corrected chi connectivity index (χ4v) is 3.39. The molecule has 0 radical (unpaired) electrons.